The maximum Gasteiger partial charge on any atom is 0.227 e. The summed E-state index contributed by atoms with van der Waals surface area (Å²) in [5.74, 6) is 0.706. The number of hydrogen-bond acceptors (Lipinski definition) is 4. The fourth-order valence-corrected chi connectivity index (χ4v) is 4.08. The molecular formula is C21H20Cl2N4O2. The van der Waals surface area contributed by atoms with Gasteiger partial charge in [0.15, 0.2) is 0 Å². The average molecular weight is 431 g/mol. The van der Waals surface area contributed by atoms with Crippen LogP contribution in [0, 0.1) is 0 Å². The summed E-state index contributed by atoms with van der Waals surface area (Å²) in [5, 5.41) is 1.03. The number of aromatic nitrogens is 3. The number of H-pyrrole nitrogens is 1. The van der Waals surface area contributed by atoms with Gasteiger partial charge in [0.05, 0.1) is 30.5 Å². The molecule has 1 saturated heterocycles. The number of methoxy groups -OCH3 is 1. The minimum Gasteiger partial charge on any atom is -0.380 e. The van der Waals surface area contributed by atoms with Crippen molar-refractivity contribution >= 4 is 29.1 Å². The smallest absolute Gasteiger partial charge is 0.227 e. The van der Waals surface area contributed by atoms with E-state index in [4.69, 9.17) is 27.9 Å². The van der Waals surface area contributed by atoms with Crippen molar-refractivity contribution in [1.82, 2.24) is 19.9 Å². The van der Waals surface area contributed by atoms with Crippen molar-refractivity contribution < 1.29 is 9.53 Å². The Labute approximate surface area is 178 Å². The van der Waals surface area contributed by atoms with E-state index in [1.807, 2.05) is 17.0 Å². The molecule has 1 fully saturated rings. The summed E-state index contributed by atoms with van der Waals surface area (Å²) >= 11 is 12.2. The molecule has 0 spiro atoms. The van der Waals surface area contributed by atoms with Crippen molar-refractivity contribution in [3.8, 4) is 11.3 Å². The van der Waals surface area contributed by atoms with Gasteiger partial charge in [-0.1, -0.05) is 29.3 Å². The molecule has 29 heavy (non-hydrogen) atoms. The topological polar surface area (TPSA) is 71.1 Å². The highest BCUT2D eigenvalue weighted by atomic mass is 35.5. The van der Waals surface area contributed by atoms with Crippen LogP contribution in [0.2, 0.25) is 10.0 Å². The highest BCUT2D eigenvalue weighted by Gasteiger charge is 2.38. The molecule has 1 aliphatic heterocycles. The van der Waals surface area contributed by atoms with Crippen LogP contribution in [0.5, 0.6) is 0 Å². The van der Waals surface area contributed by atoms with E-state index in [-0.39, 0.29) is 24.5 Å². The number of halogens is 2. The van der Waals surface area contributed by atoms with Crippen molar-refractivity contribution in [3.63, 3.8) is 0 Å². The van der Waals surface area contributed by atoms with E-state index in [2.05, 4.69) is 15.0 Å². The van der Waals surface area contributed by atoms with Gasteiger partial charge >= 0.3 is 0 Å². The van der Waals surface area contributed by atoms with E-state index in [1.54, 1.807) is 43.9 Å². The number of likely N-dealkylation sites (tertiary alicyclic amines) is 1. The Morgan fingerprint density at radius 1 is 1.31 bits per heavy atom. The Bertz CT molecular complexity index is 1010. The Hall–Kier alpha value is -2.41. The highest BCUT2D eigenvalue weighted by Crippen LogP contribution is 2.34. The molecule has 6 nitrogen and oxygen atoms in total. The van der Waals surface area contributed by atoms with Crippen LogP contribution < -0.4 is 0 Å². The zero-order chi connectivity index (χ0) is 20.4. The number of amides is 1. The number of hydrogen-bond donors (Lipinski definition) is 1. The molecule has 0 unspecified atom stereocenters. The number of nitrogens with one attached hydrogen (secondary N) is 1. The van der Waals surface area contributed by atoms with Crippen LogP contribution in [0.25, 0.3) is 11.3 Å². The minimum atomic E-state index is -0.191. The van der Waals surface area contributed by atoms with E-state index in [9.17, 15) is 4.79 Å². The van der Waals surface area contributed by atoms with Gasteiger partial charge < -0.3 is 14.6 Å². The van der Waals surface area contributed by atoms with Crippen molar-refractivity contribution in [3.05, 3.63) is 70.4 Å². The molecule has 0 aliphatic carbocycles. The monoisotopic (exact) mass is 430 g/mol. The summed E-state index contributed by atoms with van der Waals surface area (Å²) in [7, 11) is 1.66. The second kappa shape index (κ2) is 8.53. The molecule has 4 rings (SSSR count). The van der Waals surface area contributed by atoms with Gasteiger partial charge in [-0.25, -0.2) is 4.98 Å². The van der Waals surface area contributed by atoms with E-state index < -0.39 is 0 Å². The van der Waals surface area contributed by atoms with Crippen molar-refractivity contribution in [1.29, 1.82) is 0 Å². The SMILES string of the molecule is CO[C@@H]1C[C@H](c2ncc(-c3cccnc3)[nH]2)N(C(=O)Cc2ccc(Cl)cc2Cl)C1. The molecule has 1 aromatic carbocycles. The molecule has 3 heterocycles. The van der Waals surface area contributed by atoms with Gasteiger partial charge in [-0.05, 0) is 29.8 Å². The summed E-state index contributed by atoms with van der Waals surface area (Å²) in [6.07, 6.45) is 6.09. The summed E-state index contributed by atoms with van der Waals surface area (Å²) in [4.78, 5) is 26.9. The van der Waals surface area contributed by atoms with E-state index >= 15 is 0 Å². The number of ether oxygens (including phenoxy) is 1. The molecule has 1 amide bonds. The highest BCUT2D eigenvalue weighted by molar-refractivity contribution is 6.35. The van der Waals surface area contributed by atoms with Crippen LogP contribution in [0.4, 0.5) is 0 Å². The molecule has 0 bridgehead atoms. The second-order valence-corrected chi connectivity index (χ2v) is 7.84. The van der Waals surface area contributed by atoms with Crippen molar-refractivity contribution in [2.24, 2.45) is 0 Å². The summed E-state index contributed by atoms with van der Waals surface area (Å²) in [6, 6.07) is 8.82. The number of imidazole rings is 1. The van der Waals surface area contributed by atoms with Gasteiger partial charge in [0.25, 0.3) is 0 Å². The fourth-order valence-electron chi connectivity index (χ4n) is 3.61. The first kappa shape index (κ1) is 19.9. The van der Waals surface area contributed by atoms with Gasteiger partial charge in [0.1, 0.15) is 5.82 Å². The first-order valence-corrected chi connectivity index (χ1v) is 10.0. The standard InChI is InChI=1S/C21H20Cl2N4O2/c1-29-16-9-19(21-25-11-18(26-21)14-3-2-6-24-10-14)27(12-16)20(28)7-13-4-5-15(22)8-17(13)23/h2-6,8,10-11,16,19H,7,9,12H2,1H3,(H,25,26)/t16-,19-/m1/s1. The molecule has 1 aliphatic rings. The zero-order valence-electron chi connectivity index (χ0n) is 15.8. The van der Waals surface area contributed by atoms with Crippen LogP contribution in [-0.4, -0.2) is 45.5 Å². The number of pyridine rings is 1. The van der Waals surface area contributed by atoms with Crippen LogP contribution in [0.1, 0.15) is 23.9 Å². The predicted molar refractivity (Wildman–Crippen MR) is 112 cm³/mol. The number of rotatable bonds is 5. The molecule has 8 heteroatoms. The Morgan fingerprint density at radius 2 is 2.17 bits per heavy atom. The largest absolute Gasteiger partial charge is 0.380 e. The minimum absolute atomic E-state index is 0.0295. The average Bonchev–Trinajstić information content (AvgIpc) is 3.37. The maximum absolute atomic E-state index is 13.1. The number of aromatic amines is 1. The summed E-state index contributed by atoms with van der Waals surface area (Å²) in [6.45, 7) is 0.508. The van der Waals surface area contributed by atoms with Gasteiger partial charge in [0, 0.05) is 48.1 Å². The van der Waals surface area contributed by atoms with Crippen LogP contribution in [0.15, 0.2) is 48.9 Å². The van der Waals surface area contributed by atoms with E-state index in [0.29, 0.717) is 23.0 Å². The molecule has 0 saturated carbocycles. The fraction of sp³-hybridized carbons (Fsp3) is 0.286. The van der Waals surface area contributed by atoms with Gasteiger partial charge in [0.2, 0.25) is 5.91 Å². The predicted octanol–water partition coefficient (Wildman–Crippen LogP) is 4.31. The normalized spacial score (nSPS) is 18.9. The van der Waals surface area contributed by atoms with Crippen LogP contribution in [0.3, 0.4) is 0 Å². The van der Waals surface area contributed by atoms with E-state index in [0.717, 1.165) is 22.6 Å². The first-order valence-electron chi connectivity index (χ1n) is 9.26. The lowest BCUT2D eigenvalue weighted by atomic mass is 10.1. The number of carbonyl (C=O) groups excluding carboxylic acids is 1. The third-order valence-corrected chi connectivity index (χ3v) is 5.74. The summed E-state index contributed by atoms with van der Waals surface area (Å²) in [5.41, 5.74) is 2.55. The van der Waals surface area contributed by atoms with Gasteiger partial charge in [-0.15, -0.1) is 0 Å². The molecule has 2 aromatic heterocycles. The van der Waals surface area contributed by atoms with Crippen molar-refractivity contribution in [2.75, 3.05) is 13.7 Å². The number of carbonyl (C=O) groups is 1. The zero-order valence-corrected chi connectivity index (χ0v) is 17.3. The Balaban J connectivity index is 1.57. The lowest BCUT2D eigenvalue weighted by molar-refractivity contribution is -0.131. The van der Waals surface area contributed by atoms with Crippen LogP contribution >= 0.6 is 23.2 Å². The third kappa shape index (κ3) is 4.29. The van der Waals surface area contributed by atoms with Crippen LogP contribution in [-0.2, 0) is 16.0 Å². The summed E-state index contributed by atoms with van der Waals surface area (Å²) < 4.78 is 5.54. The van der Waals surface area contributed by atoms with Crippen molar-refractivity contribution in [2.45, 2.75) is 25.0 Å². The molecular weight excluding hydrogens is 411 g/mol. The Morgan fingerprint density at radius 3 is 2.90 bits per heavy atom. The first-order chi connectivity index (χ1) is 14.0. The second-order valence-electron chi connectivity index (χ2n) is 6.99. The quantitative estimate of drug-likeness (QED) is 0.654. The molecule has 1 N–H and O–H groups in total. The van der Waals surface area contributed by atoms with Gasteiger partial charge in [-0.2, -0.15) is 0 Å². The third-order valence-electron chi connectivity index (χ3n) is 5.16. The lowest BCUT2D eigenvalue weighted by Crippen LogP contribution is -2.33. The Kier molecular flexibility index (Phi) is 5.85. The molecule has 150 valence electrons. The van der Waals surface area contributed by atoms with Gasteiger partial charge in [-0.3, -0.25) is 9.78 Å². The van der Waals surface area contributed by atoms with E-state index in [1.165, 1.54) is 0 Å². The molecule has 0 radical (unpaired) electrons. The lowest BCUT2D eigenvalue weighted by Gasteiger charge is -2.23. The molecule has 3 aromatic rings. The number of nitrogens with zero attached hydrogens (tertiary/aromatic N) is 3. The molecule has 2 atom stereocenters. The maximum atomic E-state index is 13.1. The number of benzene rings is 1.